The van der Waals surface area contributed by atoms with Crippen LogP contribution in [0.3, 0.4) is 0 Å². The number of hydrogen-bond acceptors (Lipinski definition) is 4. The molecule has 0 fully saturated rings. The first-order valence-electron chi connectivity index (χ1n) is 5.03. The molecule has 3 N–H and O–H groups in total. The maximum atomic E-state index is 11.3. The number of hydrogen-bond donors (Lipinski definition) is 2. The lowest BCUT2D eigenvalue weighted by Crippen LogP contribution is -2.29. The van der Waals surface area contributed by atoms with Gasteiger partial charge in [0.25, 0.3) is 0 Å². The van der Waals surface area contributed by atoms with Gasteiger partial charge in [0.15, 0.2) is 0 Å². The molecule has 6 nitrogen and oxygen atoms in total. The van der Waals surface area contributed by atoms with E-state index >= 15 is 0 Å². The van der Waals surface area contributed by atoms with Crippen LogP contribution in [0.4, 0.5) is 4.79 Å². The van der Waals surface area contributed by atoms with Crippen molar-refractivity contribution in [3.05, 3.63) is 48.2 Å². The second-order valence-electron chi connectivity index (χ2n) is 3.60. The third-order valence-electron chi connectivity index (χ3n) is 1.87. The van der Waals surface area contributed by atoms with Crippen LogP contribution in [0.25, 0.3) is 0 Å². The van der Waals surface area contributed by atoms with Gasteiger partial charge in [0, 0.05) is 5.70 Å². The van der Waals surface area contributed by atoms with Crippen LogP contribution in [-0.4, -0.2) is 20.3 Å². The summed E-state index contributed by atoms with van der Waals surface area (Å²) in [5, 5.41) is 6.99. The van der Waals surface area contributed by atoms with Gasteiger partial charge in [-0.1, -0.05) is 36.9 Å². The lowest BCUT2D eigenvalue weighted by Gasteiger charge is -2.08. The molecule has 1 amide bonds. The highest BCUT2D eigenvalue weighted by atomic mass is 32.2. The predicted molar refractivity (Wildman–Crippen MR) is 66.9 cm³/mol. The zero-order chi connectivity index (χ0) is 13.6. The van der Waals surface area contributed by atoms with E-state index in [1.54, 1.807) is 12.1 Å². The summed E-state index contributed by atoms with van der Waals surface area (Å²) in [7, 11) is -3.71. The summed E-state index contributed by atoms with van der Waals surface area (Å²) in [6.07, 6.45) is -0.771. The summed E-state index contributed by atoms with van der Waals surface area (Å²) in [5.41, 5.74) is 0.792. The minimum atomic E-state index is -3.71. The molecule has 98 valence electrons. The molecule has 1 aromatic carbocycles. The lowest BCUT2D eigenvalue weighted by atomic mass is 10.2. The molecular formula is C11H14N2O4S. The van der Waals surface area contributed by atoms with Crippen molar-refractivity contribution >= 4 is 16.1 Å². The van der Waals surface area contributed by atoms with E-state index in [1.165, 1.54) is 0 Å². The molecule has 0 aliphatic rings. The van der Waals surface area contributed by atoms with Crippen LogP contribution in [0.2, 0.25) is 0 Å². The fraction of sp³-hybridized carbons (Fsp3) is 0.182. The molecule has 0 aliphatic heterocycles. The number of rotatable bonds is 5. The van der Waals surface area contributed by atoms with Crippen molar-refractivity contribution in [1.29, 1.82) is 0 Å². The van der Waals surface area contributed by atoms with Gasteiger partial charge in [0.05, 0.1) is 0 Å². The maximum absolute atomic E-state index is 11.3. The number of nitrogens with two attached hydrogens (primary N) is 1. The standard InChI is InChI=1S/C11H14N2O4S/c1-9(8-18(12,15)16)13-11(14)17-7-10-5-3-2-4-6-10/h2-6H,1,7-8H2,(H,13,14)(H2,12,15,16). The Morgan fingerprint density at radius 1 is 1.33 bits per heavy atom. The van der Waals surface area contributed by atoms with Crippen LogP contribution in [0.5, 0.6) is 0 Å². The van der Waals surface area contributed by atoms with Gasteiger partial charge in [-0.05, 0) is 5.56 Å². The summed E-state index contributed by atoms with van der Waals surface area (Å²) in [5.74, 6) is -0.520. The van der Waals surface area contributed by atoms with Crippen molar-refractivity contribution < 1.29 is 17.9 Å². The number of sulfonamides is 1. The molecule has 0 radical (unpaired) electrons. The highest BCUT2D eigenvalue weighted by Gasteiger charge is 2.09. The first-order chi connectivity index (χ1) is 8.37. The molecule has 0 atom stereocenters. The highest BCUT2D eigenvalue weighted by molar-refractivity contribution is 7.89. The number of nitrogens with one attached hydrogen (secondary N) is 1. The topological polar surface area (TPSA) is 98.5 Å². The van der Waals surface area contributed by atoms with Crippen molar-refractivity contribution in [3.63, 3.8) is 0 Å². The van der Waals surface area contributed by atoms with E-state index in [0.29, 0.717) is 0 Å². The van der Waals surface area contributed by atoms with Gasteiger partial charge in [-0.15, -0.1) is 0 Å². The summed E-state index contributed by atoms with van der Waals surface area (Å²) in [4.78, 5) is 11.3. The predicted octanol–water partition coefficient (Wildman–Crippen LogP) is 0.715. The molecule has 18 heavy (non-hydrogen) atoms. The van der Waals surface area contributed by atoms with Crippen LogP contribution < -0.4 is 10.5 Å². The smallest absolute Gasteiger partial charge is 0.411 e. The fourth-order valence-electron chi connectivity index (χ4n) is 1.18. The molecule has 0 aliphatic carbocycles. The molecule has 0 saturated heterocycles. The van der Waals surface area contributed by atoms with Crippen molar-refractivity contribution in [2.24, 2.45) is 5.14 Å². The van der Waals surface area contributed by atoms with Crippen molar-refractivity contribution in [3.8, 4) is 0 Å². The van der Waals surface area contributed by atoms with Crippen molar-refractivity contribution in [2.45, 2.75) is 6.61 Å². The maximum Gasteiger partial charge on any atom is 0.411 e. The third-order valence-corrected chi connectivity index (χ3v) is 2.62. The molecule has 0 saturated carbocycles. The lowest BCUT2D eigenvalue weighted by molar-refractivity contribution is 0.142. The zero-order valence-corrected chi connectivity index (χ0v) is 10.4. The van der Waals surface area contributed by atoms with Crippen LogP contribution in [0, 0.1) is 0 Å². The molecule has 0 spiro atoms. The monoisotopic (exact) mass is 270 g/mol. The van der Waals surface area contributed by atoms with E-state index in [-0.39, 0.29) is 12.3 Å². The Hall–Kier alpha value is -1.86. The summed E-state index contributed by atoms with van der Waals surface area (Å²) < 4.78 is 26.3. The van der Waals surface area contributed by atoms with Crippen LogP contribution in [-0.2, 0) is 21.4 Å². The summed E-state index contributed by atoms with van der Waals surface area (Å²) in [6, 6.07) is 9.07. The van der Waals surface area contributed by atoms with Gasteiger partial charge in [-0.25, -0.2) is 18.4 Å². The number of carbonyl (C=O) groups excluding carboxylic acids is 1. The van der Waals surface area contributed by atoms with Crippen LogP contribution in [0.15, 0.2) is 42.6 Å². The largest absolute Gasteiger partial charge is 0.444 e. The SMILES string of the molecule is C=C(CS(N)(=O)=O)NC(=O)OCc1ccccc1. The second-order valence-corrected chi connectivity index (χ2v) is 5.21. The van der Waals surface area contributed by atoms with Gasteiger partial charge in [-0.2, -0.15) is 0 Å². The third kappa shape index (κ3) is 6.02. The quantitative estimate of drug-likeness (QED) is 0.823. The normalized spacial score (nSPS) is 10.7. The van der Waals surface area contributed by atoms with Crippen molar-refractivity contribution in [1.82, 2.24) is 5.32 Å². The minimum absolute atomic E-state index is 0.0319. The number of alkyl carbamates (subject to hydrolysis) is 1. The van der Waals surface area contributed by atoms with Gasteiger partial charge >= 0.3 is 6.09 Å². The molecule has 1 rings (SSSR count). The van der Waals surface area contributed by atoms with E-state index in [0.717, 1.165) is 5.56 Å². The number of amides is 1. The van der Waals surface area contributed by atoms with E-state index in [9.17, 15) is 13.2 Å². The Labute approximate surface area is 105 Å². The summed E-state index contributed by atoms with van der Waals surface area (Å²) in [6.45, 7) is 3.46. The Balaban J connectivity index is 2.36. The van der Waals surface area contributed by atoms with E-state index in [4.69, 9.17) is 9.88 Å². The second kappa shape index (κ2) is 6.18. The Kier molecular flexibility index (Phi) is 4.87. The molecule has 0 unspecified atom stereocenters. The molecule has 1 aromatic rings. The number of benzene rings is 1. The van der Waals surface area contributed by atoms with Gasteiger partial charge in [-0.3, -0.25) is 5.32 Å². The molecule has 0 bridgehead atoms. The summed E-state index contributed by atoms with van der Waals surface area (Å²) >= 11 is 0. The van der Waals surface area contributed by atoms with Crippen LogP contribution in [0.1, 0.15) is 5.56 Å². The number of primary sulfonamides is 1. The highest BCUT2D eigenvalue weighted by Crippen LogP contribution is 2.01. The van der Waals surface area contributed by atoms with E-state index < -0.39 is 21.9 Å². The van der Waals surface area contributed by atoms with Gasteiger partial charge in [0.1, 0.15) is 12.4 Å². The number of ether oxygens (including phenoxy) is 1. The fourth-order valence-corrected chi connectivity index (χ4v) is 1.74. The first-order valence-corrected chi connectivity index (χ1v) is 6.74. The molecule has 7 heteroatoms. The zero-order valence-electron chi connectivity index (χ0n) is 9.63. The first kappa shape index (κ1) is 14.2. The average molecular weight is 270 g/mol. The number of carbonyl (C=O) groups is 1. The average Bonchev–Trinajstić information content (AvgIpc) is 2.25. The van der Waals surface area contributed by atoms with Crippen molar-refractivity contribution in [2.75, 3.05) is 5.75 Å². The Morgan fingerprint density at radius 2 is 1.94 bits per heavy atom. The van der Waals surface area contributed by atoms with E-state index in [2.05, 4.69) is 11.9 Å². The molecule has 0 aromatic heterocycles. The van der Waals surface area contributed by atoms with E-state index in [1.807, 2.05) is 18.2 Å². The minimum Gasteiger partial charge on any atom is -0.444 e. The van der Waals surface area contributed by atoms with Gasteiger partial charge in [0.2, 0.25) is 10.0 Å². The Bertz CT molecular complexity index is 525. The Morgan fingerprint density at radius 3 is 2.50 bits per heavy atom. The molecule has 0 heterocycles. The van der Waals surface area contributed by atoms with Gasteiger partial charge < -0.3 is 4.74 Å². The van der Waals surface area contributed by atoms with Crippen LogP contribution >= 0.6 is 0 Å². The molecular weight excluding hydrogens is 256 g/mol.